The molecule has 0 unspecified atom stereocenters. The maximum atomic E-state index is 12.2. The lowest BCUT2D eigenvalue weighted by Crippen LogP contribution is -2.36. The minimum absolute atomic E-state index is 0.0412. The monoisotopic (exact) mass is 277 g/mol. The molecule has 1 saturated carbocycles. The zero-order chi connectivity index (χ0) is 14.2. The van der Waals surface area contributed by atoms with Gasteiger partial charge in [-0.15, -0.1) is 0 Å². The maximum Gasteiger partial charge on any atom is 0.254 e. The maximum absolute atomic E-state index is 12.2. The van der Waals surface area contributed by atoms with Gasteiger partial charge in [0.15, 0.2) is 0 Å². The van der Waals surface area contributed by atoms with Crippen LogP contribution in [0.25, 0.3) is 0 Å². The predicted octanol–water partition coefficient (Wildman–Crippen LogP) is 2.30. The van der Waals surface area contributed by atoms with Crippen LogP contribution in [0.3, 0.4) is 0 Å². The van der Waals surface area contributed by atoms with Gasteiger partial charge in [0.2, 0.25) is 0 Å². The topological polar surface area (TPSA) is 56.2 Å². The zero-order valence-corrected chi connectivity index (χ0v) is 12.3. The third-order valence-electron chi connectivity index (χ3n) is 4.45. The first-order valence-corrected chi connectivity index (χ1v) is 7.57. The molecule has 3 rings (SSSR count). The molecule has 1 aromatic rings. The lowest BCUT2D eigenvalue weighted by Gasteiger charge is -2.21. The molecule has 110 valence electrons. The molecule has 1 N–H and O–H groups in total. The van der Waals surface area contributed by atoms with Gasteiger partial charge in [-0.2, -0.15) is 5.10 Å². The fourth-order valence-electron chi connectivity index (χ4n) is 3.31. The van der Waals surface area contributed by atoms with E-state index in [1.165, 1.54) is 12.8 Å². The van der Waals surface area contributed by atoms with Crippen LogP contribution in [0.15, 0.2) is 12.4 Å². The Bertz CT molecular complexity index is 489. The van der Waals surface area contributed by atoms with Gasteiger partial charge < -0.3 is 10.1 Å². The van der Waals surface area contributed by atoms with Gasteiger partial charge in [-0.25, -0.2) is 0 Å². The quantitative estimate of drug-likeness (QED) is 0.922. The van der Waals surface area contributed by atoms with Gasteiger partial charge >= 0.3 is 0 Å². The van der Waals surface area contributed by atoms with E-state index in [0.29, 0.717) is 12.2 Å². The van der Waals surface area contributed by atoms with Crippen molar-refractivity contribution >= 4 is 5.91 Å². The molecule has 1 aliphatic carbocycles. The summed E-state index contributed by atoms with van der Waals surface area (Å²) in [5, 5.41) is 7.29. The summed E-state index contributed by atoms with van der Waals surface area (Å²) in [6.45, 7) is 4.73. The van der Waals surface area contributed by atoms with Crippen LogP contribution < -0.4 is 5.32 Å². The van der Waals surface area contributed by atoms with Crippen molar-refractivity contribution < 1.29 is 9.53 Å². The molecular weight excluding hydrogens is 254 g/mol. The molecule has 1 spiro atoms. The van der Waals surface area contributed by atoms with Crippen molar-refractivity contribution in [2.45, 2.75) is 63.6 Å². The highest BCUT2D eigenvalue weighted by molar-refractivity contribution is 5.93. The highest BCUT2D eigenvalue weighted by atomic mass is 16.5. The number of rotatable bonds is 3. The molecule has 0 aromatic carbocycles. The second-order valence-electron chi connectivity index (χ2n) is 6.38. The molecule has 2 aliphatic rings. The van der Waals surface area contributed by atoms with Gasteiger partial charge in [-0.05, 0) is 33.1 Å². The number of ether oxygens (including phenoxy) is 1. The highest BCUT2D eigenvalue weighted by Crippen LogP contribution is 2.40. The average molecular weight is 277 g/mol. The molecular formula is C15H23N3O2. The molecule has 1 aliphatic heterocycles. The molecule has 20 heavy (non-hydrogen) atoms. The van der Waals surface area contributed by atoms with Crippen LogP contribution in [0.4, 0.5) is 0 Å². The average Bonchev–Trinajstić information content (AvgIpc) is 3.13. The normalized spacial score (nSPS) is 24.6. The van der Waals surface area contributed by atoms with Crippen molar-refractivity contribution in [2.75, 3.05) is 6.61 Å². The minimum Gasteiger partial charge on any atom is -0.373 e. The number of hydrogen-bond acceptors (Lipinski definition) is 3. The smallest absolute Gasteiger partial charge is 0.254 e. The fraction of sp³-hybridized carbons (Fsp3) is 0.733. The van der Waals surface area contributed by atoms with E-state index in [9.17, 15) is 4.79 Å². The molecule has 1 atom stereocenters. The number of carbonyl (C=O) groups is 1. The third kappa shape index (κ3) is 2.59. The first-order chi connectivity index (χ1) is 9.58. The molecule has 0 bridgehead atoms. The van der Waals surface area contributed by atoms with Crippen molar-refractivity contribution in [3.63, 3.8) is 0 Å². The Balaban J connectivity index is 1.59. The van der Waals surface area contributed by atoms with Crippen molar-refractivity contribution in [1.82, 2.24) is 15.1 Å². The Morgan fingerprint density at radius 1 is 1.50 bits per heavy atom. The molecule has 1 aromatic heterocycles. The summed E-state index contributed by atoms with van der Waals surface area (Å²) in [5.74, 6) is -0.0412. The lowest BCUT2D eigenvalue weighted by atomic mass is 9.96. The standard InChI is InChI=1S/C15H23N3O2/c1-11(2)18-9-12(8-16-18)14(19)17-13-7-15(20-10-13)5-3-4-6-15/h8-9,11,13H,3-7,10H2,1-2H3,(H,17,19)/t13-/m0/s1. The lowest BCUT2D eigenvalue weighted by molar-refractivity contribution is 0.00988. The summed E-state index contributed by atoms with van der Waals surface area (Å²) in [4.78, 5) is 12.2. The summed E-state index contributed by atoms with van der Waals surface area (Å²) >= 11 is 0. The third-order valence-corrected chi connectivity index (χ3v) is 4.45. The molecule has 5 nitrogen and oxygen atoms in total. The van der Waals surface area contributed by atoms with E-state index >= 15 is 0 Å². The number of amides is 1. The van der Waals surface area contributed by atoms with Gasteiger partial charge in [0.25, 0.3) is 5.91 Å². The molecule has 0 radical (unpaired) electrons. The summed E-state index contributed by atoms with van der Waals surface area (Å²) in [6.07, 6.45) is 9.19. The Morgan fingerprint density at radius 3 is 2.90 bits per heavy atom. The predicted molar refractivity (Wildman–Crippen MR) is 75.6 cm³/mol. The van der Waals surface area contributed by atoms with Gasteiger partial charge in [0.05, 0.1) is 30.0 Å². The fourth-order valence-corrected chi connectivity index (χ4v) is 3.31. The van der Waals surface area contributed by atoms with E-state index in [0.717, 1.165) is 19.3 Å². The van der Waals surface area contributed by atoms with Crippen LogP contribution in [0, 0.1) is 0 Å². The van der Waals surface area contributed by atoms with E-state index in [1.54, 1.807) is 17.1 Å². The van der Waals surface area contributed by atoms with E-state index in [4.69, 9.17) is 4.74 Å². The molecule has 2 fully saturated rings. The van der Waals surface area contributed by atoms with Crippen molar-refractivity contribution in [2.24, 2.45) is 0 Å². The van der Waals surface area contributed by atoms with Crippen LogP contribution in [0.1, 0.15) is 62.4 Å². The SMILES string of the molecule is CC(C)n1cc(C(=O)N[C@@H]2COC3(CCCC3)C2)cn1. The van der Waals surface area contributed by atoms with Gasteiger partial charge in [-0.3, -0.25) is 9.48 Å². The Hall–Kier alpha value is -1.36. The molecule has 1 saturated heterocycles. The Labute approximate surface area is 119 Å². The van der Waals surface area contributed by atoms with Gasteiger partial charge in [-0.1, -0.05) is 12.8 Å². The number of nitrogens with zero attached hydrogens (tertiary/aromatic N) is 2. The van der Waals surface area contributed by atoms with Crippen LogP contribution >= 0.6 is 0 Å². The van der Waals surface area contributed by atoms with Crippen molar-refractivity contribution in [3.05, 3.63) is 18.0 Å². The number of hydrogen-bond donors (Lipinski definition) is 1. The van der Waals surface area contributed by atoms with Crippen molar-refractivity contribution in [3.8, 4) is 0 Å². The number of carbonyl (C=O) groups excluding carboxylic acids is 1. The summed E-state index contributed by atoms with van der Waals surface area (Å²) in [6, 6.07) is 0.413. The van der Waals surface area contributed by atoms with Crippen molar-refractivity contribution in [1.29, 1.82) is 0 Å². The van der Waals surface area contributed by atoms with Crippen LogP contribution in [0.5, 0.6) is 0 Å². The van der Waals surface area contributed by atoms with Crippen LogP contribution in [0.2, 0.25) is 0 Å². The summed E-state index contributed by atoms with van der Waals surface area (Å²) in [7, 11) is 0. The number of aromatic nitrogens is 2. The van der Waals surface area contributed by atoms with Gasteiger partial charge in [0.1, 0.15) is 0 Å². The van der Waals surface area contributed by atoms with Crippen LogP contribution in [-0.4, -0.2) is 33.9 Å². The second kappa shape index (κ2) is 5.20. The second-order valence-corrected chi connectivity index (χ2v) is 6.38. The minimum atomic E-state index is -0.0412. The van der Waals surface area contributed by atoms with E-state index < -0.39 is 0 Å². The highest BCUT2D eigenvalue weighted by Gasteiger charge is 2.42. The summed E-state index contributed by atoms with van der Waals surface area (Å²) < 4.78 is 7.76. The molecule has 5 heteroatoms. The first kappa shape index (κ1) is 13.6. The van der Waals surface area contributed by atoms with E-state index in [1.807, 2.05) is 13.8 Å². The van der Waals surface area contributed by atoms with Gasteiger partial charge in [0, 0.05) is 12.2 Å². The summed E-state index contributed by atoms with van der Waals surface area (Å²) in [5.41, 5.74) is 0.686. The van der Waals surface area contributed by atoms with Crippen LogP contribution in [-0.2, 0) is 4.74 Å². The molecule has 1 amide bonds. The Kier molecular flexibility index (Phi) is 3.54. The van der Waals surface area contributed by atoms with E-state index in [2.05, 4.69) is 10.4 Å². The first-order valence-electron chi connectivity index (χ1n) is 7.57. The Morgan fingerprint density at radius 2 is 2.25 bits per heavy atom. The zero-order valence-electron chi connectivity index (χ0n) is 12.3. The van der Waals surface area contributed by atoms with E-state index in [-0.39, 0.29) is 23.6 Å². The number of nitrogens with one attached hydrogen (secondary N) is 1. The molecule has 2 heterocycles. The largest absolute Gasteiger partial charge is 0.373 e.